The molecule has 1 rings (SSSR count). The number of likely N-dealkylation sites (tertiary alicyclic amines) is 1. The molecule has 1 saturated heterocycles. The van der Waals surface area contributed by atoms with Crippen molar-refractivity contribution in [3.05, 3.63) is 0 Å². The molecule has 0 spiro atoms. The molecule has 1 heterocycles. The van der Waals surface area contributed by atoms with Gasteiger partial charge in [0.1, 0.15) is 6.04 Å². The minimum Gasteiger partial charge on any atom is -0.468 e. The minimum atomic E-state index is -0.241. The van der Waals surface area contributed by atoms with Crippen LogP contribution in [0.3, 0.4) is 0 Å². The molecule has 66 valence electrons. The van der Waals surface area contributed by atoms with Gasteiger partial charge in [-0.1, -0.05) is 0 Å². The number of carbonyl (C=O) groups is 1. The molecule has 0 aliphatic carbocycles. The molecule has 1 aliphatic rings. The van der Waals surface area contributed by atoms with Gasteiger partial charge < -0.3 is 4.74 Å². The largest absolute Gasteiger partial charge is 0.468 e. The van der Waals surface area contributed by atoms with Gasteiger partial charge >= 0.3 is 5.97 Å². The molecule has 4 heteroatoms. The van der Waals surface area contributed by atoms with Crippen LogP contribution in [0.2, 0.25) is 0 Å². The fourth-order valence-electron chi connectivity index (χ4n) is 1.50. The van der Waals surface area contributed by atoms with E-state index in [1.165, 1.54) is 7.11 Å². The number of rotatable bonds is 1. The maximum atomic E-state index is 11.1. The van der Waals surface area contributed by atoms with Crippen molar-refractivity contribution in [1.82, 2.24) is 4.90 Å². The van der Waals surface area contributed by atoms with E-state index < -0.39 is 0 Å². The Morgan fingerprint density at radius 2 is 2.42 bits per heavy atom. The van der Waals surface area contributed by atoms with Gasteiger partial charge in [-0.3, -0.25) is 9.69 Å². The first-order chi connectivity index (χ1) is 5.69. The van der Waals surface area contributed by atoms with Crippen molar-refractivity contribution in [3.8, 4) is 6.07 Å². The van der Waals surface area contributed by atoms with E-state index in [1.807, 2.05) is 11.9 Å². The average Bonchev–Trinajstić information content (AvgIpc) is 2.45. The topological polar surface area (TPSA) is 53.3 Å². The molecule has 0 amide bonds. The summed E-state index contributed by atoms with van der Waals surface area (Å²) in [6, 6.07) is 1.93. The Hall–Kier alpha value is -1.08. The third-order valence-electron chi connectivity index (χ3n) is 2.20. The maximum absolute atomic E-state index is 11.1. The lowest BCUT2D eigenvalue weighted by Gasteiger charge is -2.15. The first-order valence-electron chi connectivity index (χ1n) is 3.86. The van der Waals surface area contributed by atoms with Crippen molar-refractivity contribution >= 4 is 5.97 Å². The zero-order chi connectivity index (χ0) is 9.14. The van der Waals surface area contributed by atoms with Gasteiger partial charge in [-0.15, -0.1) is 0 Å². The second kappa shape index (κ2) is 3.55. The van der Waals surface area contributed by atoms with Gasteiger partial charge in [-0.2, -0.15) is 5.26 Å². The first kappa shape index (κ1) is 9.01. The van der Waals surface area contributed by atoms with Crippen molar-refractivity contribution in [1.29, 1.82) is 5.26 Å². The number of hydrogen-bond acceptors (Lipinski definition) is 4. The SMILES string of the molecule is COC(=O)[C@@H]1C[C@@H](C#N)CN1C. The summed E-state index contributed by atoms with van der Waals surface area (Å²) in [4.78, 5) is 13.0. The summed E-state index contributed by atoms with van der Waals surface area (Å²) in [6.07, 6.45) is 0.597. The predicted molar refractivity (Wildman–Crippen MR) is 42.2 cm³/mol. The highest BCUT2D eigenvalue weighted by molar-refractivity contribution is 5.76. The van der Waals surface area contributed by atoms with Gasteiger partial charge in [-0.05, 0) is 13.5 Å². The number of nitrogens with zero attached hydrogens (tertiary/aromatic N) is 2. The quantitative estimate of drug-likeness (QED) is 0.517. The van der Waals surface area contributed by atoms with Crippen LogP contribution in [0.15, 0.2) is 0 Å². The predicted octanol–water partition coefficient (Wildman–Crippen LogP) is 0.00328. The van der Waals surface area contributed by atoms with Crippen molar-refractivity contribution in [3.63, 3.8) is 0 Å². The van der Waals surface area contributed by atoms with Crippen molar-refractivity contribution < 1.29 is 9.53 Å². The zero-order valence-electron chi connectivity index (χ0n) is 7.28. The van der Waals surface area contributed by atoms with E-state index in [-0.39, 0.29) is 17.9 Å². The Balaban J connectivity index is 2.58. The summed E-state index contributed by atoms with van der Waals surface area (Å²) >= 11 is 0. The molecule has 2 atom stereocenters. The molecule has 1 aliphatic heterocycles. The lowest BCUT2D eigenvalue weighted by Crippen LogP contribution is -2.33. The standard InChI is InChI=1S/C8H12N2O2/c1-10-5-6(4-9)3-7(10)8(11)12-2/h6-7H,3,5H2,1-2H3/t6-,7-/m0/s1. The van der Waals surface area contributed by atoms with Crippen LogP contribution in [0, 0.1) is 17.2 Å². The van der Waals surface area contributed by atoms with Gasteiger partial charge in [0.25, 0.3) is 0 Å². The van der Waals surface area contributed by atoms with Crippen LogP contribution in [0.5, 0.6) is 0 Å². The molecule has 0 aromatic heterocycles. The monoisotopic (exact) mass is 168 g/mol. The molecule has 1 fully saturated rings. The number of methoxy groups -OCH3 is 1. The van der Waals surface area contributed by atoms with Crippen LogP contribution in [0.1, 0.15) is 6.42 Å². The summed E-state index contributed by atoms with van der Waals surface area (Å²) < 4.78 is 4.61. The van der Waals surface area contributed by atoms with Crippen LogP contribution < -0.4 is 0 Å². The smallest absolute Gasteiger partial charge is 0.323 e. The number of likely N-dealkylation sites (N-methyl/N-ethyl adjacent to an activating group) is 1. The summed E-state index contributed by atoms with van der Waals surface area (Å²) in [7, 11) is 3.20. The lowest BCUT2D eigenvalue weighted by molar-refractivity contribution is -0.145. The zero-order valence-corrected chi connectivity index (χ0v) is 7.28. The third kappa shape index (κ3) is 1.56. The van der Waals surface area contributed by atoms with E-state index in [1.54, 1.807) is 0 Å². The number of esters is 1. The molecule has 4 nitrogen and oxygen atoms in total. The van der Waals surface area contributed by atoms with Gasteiger partial charge in [0.15, 0.2) is 0 Å². The number of ether oxygens (including phenoxy) is 1. The Bertz CT molecular complexity index is 222. The molecule has 0 aromatic carbocycles. The van der Waals surface area contributed by atoms with Crippen molar-refractivity contribution in [2.24, 2.45) is 5.92 Å². The molecule has 0 saturated carbocycles. The molecule has 0 aromatic rings. The molecular weight excluding hydrogens is 156 g/mol. The second-order valence-electron chi connectivity index (χ2n) is 3.04. The van der Waals surface area contributed by atoms with Crippen LogP contribution in [-0.2, 0) is 9.53 Å². The Labute approximate surface area is 71.7 Å². The molecule has 0 unspecified atom stereocenters. The molecule has 12 heavy (non-hydrogen) atoms. The summed E-state index contributed by atoms with van der Waals surface area (Å²) in [5.41, 5.74) is 0. The van der Waals surface area contributed by atoms with Gasteiger partial charge in [0.05, 0.1) is 19.1 Å². The van der Waals surface area contributed by atoms with E-state index in [0.717, 1.165) is 0 Å². The van der Waals surface area contributed by atoms with E-state index in [0.29, 0.717) is 13.0 Å². The van der Waals surface area contributed by atoms with E-state index >= 15 is 0 Å². The van der Waals surface area contributed by atoms with Crippen LogP contribution in [-0.4, -0.2) is 37.6 Å². The van der Waals surface area contributed by atoms with E-state index in [2.05, 4.69) is 10.8 Å². The fourth-order valence-corrected chi connectivity index (χ4v) is 1.50. The highest BCUT2D eigenvalue weighted by Crippen LogP contribution is 2.21. The number of carbonyl (C=O) groups excluding carboxylic acids is 1. The highest BCUT2D eigenvalue weighted by Gasteiger charge is 2.34. The minimum absolute atomic E-state index is 0.0286. The van der Waals surface area contributed by atoms with Crippen LogP contribution in [0.25, 0.3) is 0 Å². The lowest BCUT2D eigenvalue weighted by atomic mass is 10.1. The normalized spacial score (nSPS) is 29.8. The summed E-state index contributed by atoms with van der Waals surface area (Å²) in [5, 5.41) is 8.63. The van der Waals surface area contributed by atoms with Gasteiger partial charge in [0.2, 0.25) is 0 Å². The molecule has 0 radical (unpaired) electrons. The van der Waals surface area contributed by atoms with Crippen molar-refractivity contribution in [2.45, 2.75) is 12.5 Å². The van der Waals surface area contributed by atoms with Crippen molar-refractivity contribution in [2.75, 3.05) is 20.7 Å². The summed E-state index contributed by atoms with van der Waals surface area (Å²) in [6.45, 7) is 0.663. The maximum Gasteiger partial charge on any atom is 0.323 e. The average molecular weight is 168 g/mol. The molecule has 0 bridgehead atoms. The number of nitriles is 1. The fraction of sp³-hybridized carbons (Fsp3) is 0.750. The van der Waals surface area contributed by atoms with Gasteiger partial charge in [-0.25, -0.2) is 0 Å². The molecule has 0 N–H and O–H groups in total. The van der Waals surface area contributed by atoms with E-state index in [4.69, 9.17) is 5.26 Å². The Morgan fingerprint density at radius 3 is 2.83 bits per heavy atom. The van der Waals surface area contributed by atoms with Crippen LogP contribution >= 0.6 is 0 Å². The molecular formula is C8H12N2O2. The number of hydrogen-bond donors (Lipinski definition) is 0. The van der Waals surface area contributed by atoms with Gasteiger partial charge in [0, 0.05) is 6.54 Å². The second-order valence-corrected chi connectivity index (χ2v) is 3.04. The van der Waals surface area contributed by atoms with Crippen LogP contribution in [0.4, 0.5) is 0 Å². The third-order valence-corrected chi connectivity index (χ3v) is 2.20. The highest BCUT2D eigenvalue weighted by atomic mass is 16.5. The Morgan fingerprint density at radius 1 is 1.75 bits per heavy atom. The Kier molecular flexibility index (Phi) is 2.66. The van der Waals surface area contributed by atoms with E-state index in [9.17, 15) is 4.79 Å². The first-order valence-corrected chi connectivity index (χ1v) is 3.86. The summed E-state index contributed by atoms with van der Waals surface area (Å²) in [5.74, 6) is -0.269.